The Labute approximate surface area is 220 Å². The van der Waals surface area contributed by atoms with E-state index in [1.165, 1.54) is 12.1 Å². The van der Waals surface area contributed by atoms with Gasteiger partial charge in [-0.15, -0.1) is 0 Å². The maximum Gasteiger partial charge on any atom is 0.228 e. The average Bonchev–Trinajstić information content (AvgIpc) is 2.87. The lowest BCUT2D eigenvalue weighted by molar-refractivity contribution is 0.208. The fraction of sp³-hybridized carbons (Fsp3) is 0.400. The van der Waals surface area contributed by atoms with E-state index in [4.69, 9.17) is 38.4 Å². The molecule has 0 amide bonds. The van der Waals surface area contributed by atoms with Gasteiger partial charge in [-0.05, 0) is 39.0 Å². The van der Waals surface area contributed by atoms with Gasteiger partial charge < -0.3 is 20.1 Å². The summed E-state index contributed by atoms with van der Waals surface area (Å²) in [7, 11) is 1.56. The van der Waals surface area contributed by atoms with Crippen molar-refractivity contribution in [2.75, 3.05) is 43.9 Å². The molecule has 2 N–H and O–H groups in total. The molecule has 3 aromatic rings. The molecule has 1 atom stereocenters. The molecule has 4 rings (SSSR count). The molecule has 2 aromatic heterocycles. The minimum Gasteiger partial charge on any atom is -0.482 e. The van der Waals surface area contributed by atoms with Crippen LogP contribution in [-0.4, -0.2) is 59.2 Å². The molecule has 0 unspecified atom stereocenters. The van der Waals surface area contributed by atoms with Crippen molar-refractivity contribution in [3.63, 3.8) is 0 Å². The largest absolute Gasteiger partial charge is 0.482 e. The number of nitrogens with zero attached hydrogens (tertiary/aromatic N) is 5. The summed E-state index contributed by atoms with van der Waals surface area (Å²) in [5.74, 6) is 0.885. The van der Waals surface area contributed by atoms with Gasteiger partial charge in [0.15, 0.2) is 11.6 Å². The lowest BCUT2D eigenvalue weighted by Gasteiger charge is -2.36. The van der Waals surface area contributed by atoms with Crippen molar-refractivity contribution in [1.82, 2.24) is 19.9 Å². The van der Waals surface area contributed by atoms with Crippen molar-refractivity contribution in [1.29, 1.82) is 0 Å². The molecule has 0 saturated carbocycles. The molecular weight excluding hydrogens is 506 g/mol. The molecule has 3 heterocycles. The van der Waals surface area contributed by atoms with Crippen LogP contribution in [0.5, 0.6) is 11.6 Å². The van der Waals surface area contributed by atoms with Crippen LogP contribution in [0.15, 0.2) is 30.6 Å². The number of nitrogens with two attached hydrogens (primary N) is 1. The van der Waals surface area contributed by atoms with Crippen LogP contribution in [0.3, 0.4) is 0 Å². The first-order valence-corrected chi connectivity index (χ1v) is 12.4. The van der Waals surface area contributed by atoms with Crippen molar-refractivity contribution in [2.45, 2.75) is 32.9 Å². The predicted molar refractivity (Wildman–Crippen MR) is 141 cm³/mol. The van der Waals surface area contributed by atoms with Gasteiger partial charge in [0.25, 0.3) is 0 Å². The van der Waals surface area contributed by atoms with Crippen LogP contribution >= 0.6 is 23.2 Å². The molecule has 0 bridgehead atoms. The van der Waals surface area contributed by atoms with E-state index in [9.17, 15) is 4.39 Å². The van der Waals surface area contributed by atoms with E-state index in [1.54, 1.807) is 32.5 Å². The first kappa shape index (κ1) is 26.2. The summed E-state index contributed by atoms with van der Waals surface area (Å²) in [6, 6.07) is 4.86. The number of rotatable bonds is 7. The predicted octanol–water partition coefficient (Wildman–Crippen LogP) is 5.25. The maximum atomic E-state index is 14.0. The summed E-state index contributed by atoms with van der Waals surface area (Å²) in [5.41, 5.74) is 7.68. The van der Waals surface area contributed by atoms with Crippen molar-refractivity contribution < 1.29 is 13.9 Å². The van der Waals surface area contributed by atoms with E-state index < -0.39 is 11.9 Å². The quantitative estimate of drug-likeness (QED) is 0.411. The number of halogens is 3. The van der Waals surface area contributed by atoms with Gasteiger partial charge in [-0.25, -0.2) is 14.4 Å². The minimum absolute atomic E-state index is 0.0995. The summed E-state index contributed by atoms with van der Waals surface area (Å²) in [6.07, 6.45) is 2.61. The normalized spacial score (nSPS) is 15.3. The van der Waals surface area contributed by atoms with E-state index in [2.05, 4.69) is 38.6 Å². The van der Waals surface area contributed by atoms with Crippen LogP contribution in [0.1, 0.15) is 32.4 Å². The van der Waals surface area contributed by atoms with Gasteiger partial charge in [0.1, 0.15) is 11.9 Å². The molecule has 11 heteroatoms. The molecular formula is C25H29Cl2FN6O2. The Balaban J connectivity index is 1.59. The Morgan fingerprint density at radius 3 is 2.44 bits per heavy atom. The number of hydrogen-bond donors (Lipinski definition) is 1. The summed E-state index contributed by atoms with van der Waals surface area (Å²) in [5, 5.41) is 0.189. The average molecular weight is 535 g/mol. The van der Waals surface area contributed by atoms with Crippen molar-refractivity contribution >= 4 is 35.0 Å². The Hall–Kier alpha value is -2.88. The van der Waals surface area contributed by atoms with Gasteiger partial charge in [-0.2, -0.15) is 4.98 Å². The number of benzene rings is 1. The first-order chi connectivity index (χ1) is 17.2. The Bertz CT molecular complexity index is 1240. The van der Waals surface area contributed by atoms with Gasteiger partial charge in [0.05, 0.1) is 17.7 Å². The first-order valence-electron chi connectivity index (χ1n) is 11.7. The molecule has 0 radical (unpaired) electrons. The summed E-state index contributed by atoms with van der Waals surface area (Å²) >= 11 is 12.4. The number of methoxy groups -OCH3 is 1. The van der Waals surface area contributed by atoms with Crippen LogP contribution in [0.25, 0.3) is 11.1 Å². The third-order valence-electron chi connectivity index (χ3n) is 6.24. The molecule has 192 valence electrons. The highest BCUT2D eigenvalue weighted by Gasteiger charge is 2.23. The maximum absolute atomic E-state index is 14.0. The third kappa shape index (κ3) is 5.43. The van der Waals surface area contributed by atoms with Crippen LogP contribution < -0.4 is 20.1 Å². The summed E-state index contributed by atoms with van der Waals surface area (Å²) < 4.78 is 25.6. The Morgan fingerprint density at radius 2 is 1.78 bits per heavy atom. The zero-order valence-corrected chi connectivity index (χ0v) is 22.1. The highest BCUT2D eigenvalue weighted by Crippen LogP contribution is 2.38. The van der Waals surface area contributed by atoms with Crippen LogP contribution in [0.4, 0.5) is 16.2 Å². The number of anilines is 2. The number of piperazine rings is 1. The van der Waals surface area contributed by atoms with E-state index in [0.717, 1.165) is 26.2 Å². The van der Waals surface area contributed by atoms with E-state index in [-0.39, 0.29) is 21.6 Å². The third-order valence-corrected chi connectivity index (χ3v) is 6.96. The number of ether oxygens (including phenoxy) is 2. The number of pyridine rings is 1. The molecule has 1 aromatic carbocycles. The van der Waals surface area contributed by atoms with Crippen molar-refractivity contribution in [2.24, 2.45) is 0 Å². The monoisotopic (exact) mass is 534 g/mol. The molecule has 1 saturated heterocycles. The molecule has 1 fully saturated rings. The van der Waals surface area contributed by atoms with Gasteiger partial charge in [-0.1, -0.05) is 23.2 Å². The molecule has 1 aliphatic heterocycles. The van der Waals surface area contributed by atoms with Crippen LogP contribution in [0.2, 0.25) is 10.0 Å². The van der Waals surface area contributed by atoms with Crippen LogP contribution in [-0.2, 0) is 0 Å². The molecule has 0 aliphatic carbocycles. The fourth-order valence-electron chi connectivity index (χ4n) is 4.16. The fourth-order valence-corrected chi connectivity index (χ4v) is 4.84. The number of aromatic nitrogens is 3. The molecule has 8 nitrogen and oxygen atoms in total. The zero-order chi connectivity index (χ0) is 26.0. The highest BCUT2D eigenvalue weighted by molar-refractivity contribution is 6.36. The van der Waals surface area contributed by atoms with Crippen molar-refractivity contribution in [3.05, 3.63) is 52.0 Å². The minimum atomic E-state index is -0.690. The smallest absolute Gasteiger partial charge is 0.228 e. The number of hydrogen-bond acceptors (Lipinski definition) is 8. The molecule has 36 heavy (non-hydrogen) atoms. The second-order valence-corrected chi connectivity index (χ2v) is 9.62. The van der Waals surface area contributed by atoms with Crippen LogP contribution in [0, 0.1) is 5.82 Å². The summed E-state index contributed by atoms with van der Waals surface area (Å²) in [6.45, 7) is 9.68. The van der Waals surface area contributed by atoms with Gasteiger partial charge in [-0.3, -0.25) is 4.90 Å². The second kappa shape index (κ2) is 11.0. The SMILES string of the molecule is COc1nc(N2CCN(C(C)C)CC2)ncc1-c1cnc(N)c(O[C@H](C)c2c(Cl)ccc(F)c2Cl)c1. The van der Waals surface area contributed by atoms with E-state index in [1.807, 2.05) is 0 Å². The van der Waals surface area contributed by atoms with Crippen molar-refractivity contribution in [3.8, 4) is 22.8 Å². The highest BCUT2D eigenvalue weighted by atomic mass is 35.5. The second-order valence-electron chi connectivity index (χ2n) is 8.83. The number of nitrogen functional groups attached to an aromatic ring is 1. The zero-order valence-electron chi connectivity index (χ0n) is 20.6. The topological polar surface area (TPSA) is 89.6 Å². The summed E-state index contributed by atoms with van der Waals surface area (Å²) in [4.78, 5) is 18.1. The van der Waals surface area contributed by atoms with Gasteiger partial charge in [0.2, 0.25) is 11.8 Å². The lowest BCUT2D eigenvalue weighted by atomic mass is 10.1. The lowest BCUT2D eigenvalue weighted by Crippen LogP contribution is -2.49. The standard InChI is InChI=1S/C25H29Cl2FN6O2/c1-14(2)33-7-9-34(10-8-33)25-31-13-17(24(32-25)35-4)16-11-20(23(29)30-12-16)36-15(3)21-18(26)5-6-19(28)22(21)27/h5-6,11-15H,7-10H2,1-4H3,(H2,29,30)/t15-/m1/s1. The Kier molecular flexibility index (Phi) is 8.02. The van der Waals surface area contributed by atoms with E-state index >= 15 is 0 Å². The molecule has 0 spiro atoms. The molecule has 1 aliphatic rings. The van der Waals surface area contributed by atoms with E-state index in [0.29, 0.717) is 34.6 Å². The Morgan fingerprint density at radius 1 is 1.06 bits per heavy atom. The van der Waals surface area contributed by atoms with Gasteiger partial charge in [0, 0.05) is 60.8 Å². The van der Waals surface area contributed by atoms with Gasteiger partial charge >= 0.3 is 0 Å².